The number of oxazole rings is 1. The van der Waals surface area contributed by atoms with Gasteiger partial charge in [0.2, 0.25) is 5.89 Å². The third kappa shape index (κ3) is 2.40. The summed E-state index contributed by atoms with van der Waals surface area (Å²) < 4.78 is 18.5. The van der Waals surface area contributed by atoms with Gasteiger partial charge >= 0.3 is 0 Å². The van der Waals surface area contributed by atoms with E-state index in [-0.39, 0.29) is 23.3 Å². The highest BCUT2D eigenvalue weighted by Crippen LogP contribution is 2.22. The summed E-state index contributed by atoms with van der Waals surface area (Å²) in [6, 6.07) is 5.89. The van der Waals surface area contributed by atoms with Crippen molar-refractivity contribution < 1.29 is 13.6 Å². The standard InChI is InChI=1S/C13H13FN2O2/c1-3-15-12(17)11-8(2)18-13(16-11)9-5-4-6-10(14)7-9/h4-7H,3H2,1-2H3,(H,15,17). The molecule has 2 aromatic rings. The van der Waals surface area contributed by atoms with Crippen LogP contribution >= 0.6 is 0 Å². The number of nitrogens with one attached hydrogen (secondary N) is 1. The molecule has 1 aromatic carbocycles. The highest BCUT2D eigenvalue weighted by atomic mass is 19.1. The topological polar surface area (TPSA) is 55.1 Å². The van der Waals surface area contributed by atoms with Gasteiger partial charge in [-0.25, -0.2) is 9.37 Å². The largest absolute Gasteiger partial charge is 0.441 e. The molecule has 0 atom stereocenters. The predicted molar refractivity (Wildman–Crippen MR) is 64.6 cm³/mol. The molecule has 1 N–H and O–H groups in total. The lowest BCUT2D eigenvalue weighted by molar-refractivity contribution is 0.0950. The van der Waals surface area contributed by atoms with Crippen LogP contribution in [0.25, 0.3) is 11.5 Å². The van der Waals surface area contributed by atoms with Crippen molar-refractivity contribution in [2.75, 3.05) is 6.54 Å². The Kier molecular flexibility index (Phi) is 3.41. The fraction of sp³-hybridized carbons (Fsp3) is 0.231. The number of amides is 1. The zero-order chi connectivity index (χ0) is 13.1. The van der Waals surface area contributed by atoms with Gasteiger partial charge in [-0.3, -0.25) is 4.79 Å². The van der Waals surface area contributed by atoms with Gasteiger partial charge in [0.1, 0.15) is 11.6 Å². The van der Waals surface area contributed by atoms with E-state index in [1.807, 2.05) is 6.92 Å². The molecule has 1 heterocycles. The Bertz CT molecular complexity index is 578. The molecule has 5 heteroatoms. The van der Waals surface area contributed by atoms with Crippen LogP contribution in [0.4, 0.5) is 4.39 Å². The van der Waals surface area contributed by atoms with Crippen LogP contribution in [-0.2, 0) is 0 Å². The molecule has 2 rings (SSSR count). The Morgan fingerprint density at radius 2 is 2.28 bits per heavy atom. The van der Waals surface area contributed by atoms with E-state index in [0.717, 1.165) is 0 Å². The SMILES string of the molecule is CCNC(=O)c1nc(-c2cccc(F)c2)oc1C. The van der Waals surface area contributed by atoms with Crippen LogP contribution in [0, 0.1) is 12.7 Å². The van der Waals surface area contributed by atoms with Gasteiger partial charge in [0.05, 0.1) is 0 Å². The van der Waals surface area contributed by atoms with E-state index in [1.54, 1.807) is 19.1 Å². The van der Waals surface area contributed by atoms with Crippen molar-refractivity contribution in [1.29, 1.82) is 0 Å². The summed E-state index contributed by atoms with van der Waals surface area (Å²) in [6.07, 6.45) is 0. The minimum absolute atomic E-state index is 0.233. The number of carbonyl (C=O) groups is 1. The highest BCUT2D eigenvalue weighted by Gasteiger charge is 2.17. The summed E-state index contributed by atoms with van der Waals surface area (Å²) >= 11 is 0. The second-order valence-electron chi connectivity index (χ2n) is 3.79. The lowest BCUT2D eigenvalue weighted by Crippen LogP contribution is -2.23. The van der Waals surface area contributed by atoms with Crippen LogP contribution in [0.5, 0.6) is 0 Å². The van der Waals surface area contributed by atoms with Gasteiger partial charge < -0.3 is 9.73 Å². The quantitative estimate of drug-likeness (QED) is 0.908. The minimum Gasteiger partial charge on any atom is -0.441 e. The molecule has 0 radical (unpaired) electrons. The molecular weight excluding hydrogens is 235 g/mol. The average Bonchev–Trinajstić information content (AvgIpc) is 2.72. The smallest absolute Gasteiger partial charge is 0.273 e. The van der Waals surface area contributed by atoms with E-state index in [2.05, 4.69) is 10.3 Å². The Hall–Kier alpha value is -2.17. The number of aromatic nitrogens is 1. The van der Waals surface area contributed by atoms with Gasteiger partial charge in [-0.15, -0.1) is 0 Å². The predicted octanol–water partition coefficient (Wildman–Crippen LogP) is 2.54. The fourth-order valence-electron chi connectivity index (χ4n) is 1.60. The maximum absolute atomic E-state index is 13.1. The van der Waals surface area contributed by atoms with Gasteiger partial charge in [0.25, 0.3) is 5.91 Å². The molecule has 0 aliphatic heterocycles. The fourth-order valence-corrected chi connectivity index (χ4v) is 1.60. The Morgan fingerprint density at radius 1 is 1.50 bits per heavy atom. The lowest BCUT2D eigenvalue weighted by Gasteiger charge is -1.96. The third-order valence-electron chi connectivity index (χ3n) is 2.42. The lowest BCUT2D eigenvalue weighted by atomic mass is 10.2. The van der Waals surface area contributed by atoms with Gasteiger partial charge in [-0.05, 0) is 32.0 Å². The first-order valence-corrected chi connectivity index (χ1v) is 5.63. The molecule has 1 amide bonds. The summed E-state index contributed by atoms with van der Waals surface area (Å²) in [7, 11) is 0. The third-order valence-corrected chi connectivity index (χ3v) is 2.42. The molecule has 4 nitrogen and oxygen atoms in total. The normalized spacial score (nSPS) is 10.4. The summed E-state index contributed by atoms with van der Waals surface area (Å²) in [5.74, 6) is -0.00206. The van der Waals surface area contributed by atoms with Gasteiger partial charge in [0.15, 0.2) is 5.69 Å². The zero-order valence-corrected chi connectivity index (χ0v) is 10.2. The van der Waals surface area contributed by atoms with Gasteiger partial charge in [-0.1, -0.05) is 6.07 Å². The molecule has 0 aliphatic rings. The van der Waals surface area contributed by atoms with E-state index in [4.69, 9.17) is 4.42 Å². The Morgan fingerprint density at radius 3 is 2.94 bits per heavy atom. The van der Waals surface area contributed by atoms with E-state index in [9.17, 15) is 9.18 Å². The van der Waals surface area contributed by atoms with Crippen LogP contribution in [0.3, 0.4) is 0 Å². The number of rotatable bonds is 3. The number of aryl methyl sites for hydroxylation is 1. The van der Waals surface area contributed by atoms with Crippen molar-refractivity contribution in [2.45, 2.75) is 13.8 Å². The van der Waals surface area contributed by atoms with E-state index < -0.39 is 0 Å². The second kappa shape index (κ2) is 5.00. The number of carbonyl (C=O) groups excluding carboxylic acids is 1. The van der Waals surface area contributed by atoms with Crippen molar-refractivity contribution in [3.8, 4) is 11.5 Å². The summed E-state index contributed by atoms with van der Waals surface area (Å²) in [5.41, 5.74) is 0.741. The Labute approximate surface area is 104 Å². The zero-order valence-electron chi connectivity index (χ0n) is 10.2. The molecule has 94 valence electrons. The van der Waals surface area contributed by atoms with Crippen LogP contribution in [0.2, 0.25) is 0 Å². The maximum atomic E-state index is 13.1. The molecule has 0 saturated carbocycles. The minimum atomic E-state index is -0.372. The van der Waals surface area contributed by atoms with Gasteiger partial charge in [0, 0.05) is 12.1 Å². The Balaban J connectivity index is 2.37. The maximum Gasteiger partial charge on any atom is 0.273 e. The van der Waals surface area contributed by atoms with E-state index in [1.165, 1.54) is 12.1 Å². The molecule has 0 bridgehead atoms. The van der Waals surface area contributed by atoms with Crippen LogP contribution < -0.4 is 5.32 Å². The average molecular weight is 248 g/mol. The van der Waals surface area contributed by atoms with Crippen LogP contribution in [-0.4, -0.2) is 17.4 Å². The van der Waals surface area contributed by atoms with E-state index >= 15 is 0 Å². The number of nitrogens with zero attached hydrogens (tertiary/aromatic N) is 1. The van der Waals surface area contributed by atoms with Crippen LogP contribution in [0.1, 0.15) is 23.2 Å². The molecular formula is C13H13FN2O2. The first kappa shape index (κ1) is 12.3. The summed E-state index contributed by atoms with van der Waals surface area (Å²) in [6.45, 7) is 3.99. The molecule has 0 fully saturated rings. The molecule has 0 saturated heterocycles. The molecule has 1 aromatic heterocycles. The summed E-state index contributed by atoms with van der Waals surface area (Å²) in [5, 5.41) is 2.64. The molecule has 0 unspecified atom stereocenters. The van der Waals surface area contributed by atoms with E-state index in [0.29, 0.717) is 17.9 Å². The van der Waals surface area contributed by atoms with Crippen LogP contribution in [0.15, 0.2) is 28.7 Å². The molecule has 0 aliphatic carbocycles. The number of hydrogen-bond donors (Lipinski definition) is 1. The molecule has 18 heavy (non-hydrogen) atoms. The number of benzene rings is 1. The highest BCUT2D eigenvalue weighted by molar-refractivity contribution is 5.93. The molecule has 0 spiro atoms. The van der Waals surface area contributed by atoms with Crippen molar-refractivity contribution in [2.24, 2.45) is 0 Å². The first-order chi connectivity index (χ1) is 8.61. The first-order valence-electron chi connectivity index (χ1n) is 5.63. The van der Waals surface area contributed by atoms with Crippen molar-refractivity contribution in [3.63, 3.8) is 0 Å². The number of halogens is 1. The summed E-state index contributed by atoms with van der Waals surface area (Å²) in [4.78, 5) is 15.8. The van der Waals surface area contributed by atoms with Crippen molar-refractivity contribution >= 4 is 5.91 Å². The van der Waals surface area contributed by atoms with Crippen molar-refractivity contribution in [1.82, 2.24) is 10.3 Å². The van der Waals surface area contributed by atoms with Gasteiger partial charge in [-0.2, -0.15) is 0 Å². The number of hydrogen-bond acceptors (Lipinski definition) is 3. The second-order valence-corrected chi connectivity index (χ2v) is 3.79. The monoisotopic (exact) mass is 248 g/mol. The van der Waals surface area contributed by atoms with Crippen molar-refractivity contribution in [3.05, 3.63) is 41.5 Å².